The number of nitrogens with zero attached hydrogens (tertiary/aromatic N) is 3. The predicted molar refractivity (Wildman–Crippen MR) is 159 cm³/mol. The van der Waals surface area contributed by atoms with E-state index >= 15 is 0 Å². The van der Waals surface area contributed by atoms with Crippen LogP contribution in [0.4, 0.5) is 16.2 Å². The quantitative estimate of drug-likeness (QED) is 0.204. The molecule has 3 aromatic heterocycles. The van der Waals surface area contributed by atoms with Crippen molar-refractivity contribution in [2.45, 2.75) is 32.7 Å². The van der Waals surface area contributed by atoms with Crippen molar-refractivity contribution < 1.29 is 19.1 Å². The van der Waals surface area contributed by atoms with E-state index in [0.29, 0.717) is 45.8 Å². The van der Waals surface area contributed by atoms with E-state index in [0.717, 1.165) is 34.4 Å². The lowest BCUT2D eigenvalue weighted by Gasteiger charge is -2.32. The minimum atomic E-state index is -0.908. The number of thiophene rings is 1. The van der Waals surface area contributed by atoms with Crippen LogP contribution in [0.5, 0.6) is 11.6 Å². The third-order valence-corrected chi connectivity index (χ3v) is 9.57. The molecule has 4 amide bonds. The Morgan fingerprint density at radius 1 is 1.20 bits per heavy atom. The van der Waals surface area contributed by atoms with Gasteiger partial charge < -0.3 is 25.6 Å². The van der Waals surface area contributed by atoms with Crippen molar-refractivity contribution in [3.8, 4) is 16.5 Å². The summed E-state index contributed by atoms with van der Waals surface area (Å²) in [5.41, 5.74) is 2.83. The molecule has 0 saturated carbocycles. The molecule has 1 unspecified atom stereocenters. The fourth-order valence-corrected chi connectivity index (χ4v) is 7.74. The van der Waals surface area contributed by atoms with Gasteiger partial charge in [-0.05, 0) is 57.0 Å². The first-order valence-electron chi connectivity index (χ1n) is 13.3. The Morgan fingerprint density at radius 2 is 2.05 bits per heavy atom. The number of amides is 4. The molecule has 41 heavy (non-hydrogen) atoms. The summed E-state index contributed by atoms with van der Waals surface area (Å²) in [7, 11) is -0.908. The molecule has 5 heterocycles. The molecule has 0 radical (unpaired) electrons. The maximum atomic E-state index is 14.1. The van der Waals surface area contributed by atoms with Gasteiger partial charge in [0.2, 0.25) is 11.8 Å². The van der Waals surface area contributed by atoms with E-state index in [2.05, 4.69) is 27.5 Å². The molecule has 0 aliphatic carbocycles. The van der Waals surface area contributed by atoms with E-state index in [9.17, 15) is 14.4 Å². The van der Waals surface area contributed by atoms with Crippen LogP contribution in [0.2, 0.25) is 0 Å². The summed E-state index contributed by atoms with van der Waals surface area (Å²) in [4.78, 5) is 51.7. The highest BCUT2D eigenvalue weighted by Gasteiger charge is 2.41. The molecule has 3 N–H and O–H groups in total. The van der Waals surface area contributed by atoms with Crippen molar-refractivity contribution >= 4 is 49.9 Å². The first-order valence-corrected chi connectivity index (χ1v) is 14.5. The van der Waals surface area contributed by atoms with Crippen molar-refractivity contribution in [1.29, 1.82) is 0 Å². The molecular weight excluding hydrogens is 540 g/mol. The number of piperidine rings is 1. The number of hydrogen-bond acceptors (Lipinski definition) is 6. The topological polar surface area (TPSA) is 126 Å². The highest BCUT2D eigenvalue weighted by molar-refractivity contribution is 7.46. The summed E-state index contributed by atoms with van der Waals surface area (Å²) < 4.78 is 6.00. The fourth-order valence-electron chi connectivity index (χ4n) is 5.35. The van der Waals surface area contributed by atoms with Gasteiger partial charge in [0.15, 0.2) is 4.90 Å². The van der Waals surface area contributed by atoms with E-state index in [1.165, 1.54) is 6.08 Å². The first kappa shape index (κ1) is 26.5. The molecule has 1 saturated heterocycles. The molecule has 2 aliphatic heterocycles. The SMILES string of the molecule is C=CC(=O)N1CCC[C@@H](NC(=O)c2c3c4c(ccnc4[s+]2-c2ccc(Oc4cccc(C)n4)cc2C)NC(=O)N3)C1. The summed E-state index contributed by atoms with van der Waals surface area (Å²) in [5.74, 6) is 0.668. The Labute approximate surface area is 239 Å². The number of likely N-dealkylation sites (tertiary alicyclic amines) is 1. The summed E-state index contributed by atoms with van der Waals surface area (Å²) >= 11 is 0. The van der Waals surface area contributed by atoms with Gasteiger partial charge in [0.1, 0.15) is 16.8 Å². The van der Waals surface area contributed by atoms with Crippen LogP contribution in [0.15, 0.2) is 61.3 Å². The second-order valence-electron chi connectivity index (χ2n) is 10.1. The standard InChI is InChI=1S/C30H28N6O4S/c1-4-24(37)36-14-6-8-19(16-36)33-28(38)27-26-25-21(34-30(39)35-26)12-13-31-29(25)41(27)22-11-10-20(15-17(22)2)40-23-9-5-7-18(3)32-23/h4-5,7,9-13,15,19H,1,6,8,14,16H2,2-3H3,(H2-,31,33,34,35,38,39)/p+1/t19-,41?/m1/s1. The number of hydrogen-bond donors (Lipinski definition) is 3. The smallest absolute Gasteiger partial charge is 0.323 e. The van der Waals surface area contributed by atoms with Crippen LogP contribution in [0.25, 0.3) is 15.1 Å². The zero-order valence-corrected chi connectivity index (χ0v) is 23.5. The number of aryl methyl sites for hydroxylation is 2. The van der Waals surface area contributed by atoms with Crippen LogP contribution in [-0.4, -0.2) is 51.8 Å². The summed E-state index contributed by atoms with van der Waals surface area (Å²) in [5, 5.41) is 9.57. The molecule has 0 spiro atoms. The van der Waals surface area contributed by atoms with Gasteiger partial charge in [0.25, 0.3) is 9.71 Å². The molecule has 2 atom stereocenters. The van der Waals surface area contributed by atoms with Crippen LogP contribution >= 0.6 is 10.5 Å². The van der Waals surface area contributed by atoms with Gasteiger partial charge in [-0.15, -0.1) is 0 Å². The number of carbonyl (C=O) groups is 3. The molecule has 1 aromatic carbocycles. The van der Waals surface area contributed by atoms with E-state index in [1.807, 2.05) is 44.2 Å². The maximum absolute atomic E-state index is 14.1. The lowest BCUT2D eigenvalue weighted by atomic mass is 10.1. The van der Waals surface area contributed by atoms with E-state index < -0.39 is 16.5 Å². The highest BCUT2D eigenvalue weighted by atomic mass is 32.2. The number of nitrogens with one attached hydrogen (secondary N) is 3. The average Bonchev–Trinajstić information content (AvgIpc) is 3.27. The number of urea groups is 1. The zero-order chi connectivity index (χ0) is 28.7. The predicted octanol–water partition coefficient (Wildman–Crippen LogP) is 5.64. The molecule has 11 heteroatoms. The lowest BCUT2D eigenvalue weighted by molar-refractivity contribution is -0.127. The zero-order valence-electron chi connectivity index (χ0n) is 22.7. The third-order valence-electron chi connectivity index (χ3n) is 7.18. The Morgan fingerprint density at radius 3 is 2.83 bits per heavy atom. The number of anilines is 2. The Hall–Kier alpha value is -4.77. The fraction of sp³-hybridized carbons (Fsp3) is 0.233. The largest absolute Gasteiger partial charge is 0.439 e. The number of rotatable bonds is 6. The van der Waals surface area contributed by atoms with Crippen molar-refractivity contribution in [2.24, 2.45) is 0 Å². The normalized spacial score (nSPS) is 16.5. The number of pyridine rings is 2. The molecule has 0 bridgehead atoms. The van der Waals surface area contributed by atoms with Gasteiger partial charge >= 0.3 is 11.9 Å². The number of aromatic nitrogens is 2. The van der Waals surface area contributed by atoms with Gasteiger partial charge in [-0.3, -0.25) is 9.59 Å². The summed E-state index contributed by atoms with van der Waals surface area (Å²) in [6.45, 7) is 8.48. The molecule has 4 aromatic rings. The van der Waals surface area contributed by atoms with Crippen LogP contribution in [-0.2, 0) is 4.79 Å². The molecule has 1 fully saturated rings. The van der Waals surface area contributed by atoms with E-state index in [4.69, 9.17) is 9.72 Å². The number of ether oxygens (including phenoxy) is 1. The van der Waals surface area contributed by atoms with Gasteiger partial charge in [0.05, 0.1) is 16.2 Å². The second-order valence-corrected chi connectivity index (χ2v) is 11.9. The van der Waals surface area contributed by atoms with Crippen LogP contribution in [0.1, 0.15) is 33.8 Å². The van der Waals surface area contributed by atoms with Crippen LogP contribution in [0.3, 0.4) is 0 Å². The Kier molecular flexibility index (Phi) is 6.88. The van der Waals surface area contributed by atoms with Crippen LogP contribution in [0, 0.1) is 13.8 Å². The molecule has 10 nitrogen and oxygen atoms in total. The summed E-state index contributed by atoms with van der Waals surface area (Å²) in [6, 6.07) is 12.4. The third kappa shape index (κ3) is 5.00. The first-order chi connectivity index (χ1) is 19.8. The van der Waals surface area contributed by atoms with Gasteiger partial charge in [0, 0.05) is 48.7 Å². The molecule has 6 rings (SSSR count). The monoisotopic (exact) mass is 569 g/mol. The van der Waals surface area contributed by atoms with Crippen molar-refractivity contribution in [1.82, 2.24) is 20.2 Å². The second kappa shape index (κ2) is 10.7. The molecular formula is C30H29N6O4S+. The Bertz CT molecular complexity index is 1730. The van der Waals surface area contributed by atoms with Crippen LogP contribution < -0.4 is 20.7 Å². The number of benzene rings is 1. The minimum Gasteiger partial charge on any atom is -0.439 e. The summed E-state index contributed by atoms with van der Waals surface area (Å²) in [6.07, 6.45) is 4.45. The van der Waals surface area contributed by atoms with Crippen molar-refractivity contribution in [2.75, 3.05) is 23.7 Å². The Balaban J connectivity index is 1.42. The number of carbonyl (C=O) groups excluding carboxylic acids is 3. The van der Waals surface area contributed by atoms with Crippen molar-refractivity contribution in [3.05, 3.63) is 77.5 Å². The average molecular weight is 570 g/mol. The van der Waals surface area contributed by atoms with Crippen molar-refractivity contribution in [3.63, 3.8) is 0 Å². The lowest BCUT2D eigenvalue weighted by Crippen LogP contribution is -2.49. The molecule has 208 valence electrons. The maximum Gasteiger partial charge on any atom is 0.323 e. The van der Waals surface area contributed by atoms with E-state index in [-0.39, 0.29) is 17.9 Å². The molecule has 2 aliphatic rings. The minimum absolute atomic E-state index is 0.155. The van der Waals surface area contributed by atoms with E-state index in [1.54, 1.807) is 23.2 Å². The highest BCUT2D eigenvalue weighted by Crippen LogP contribution is 2.53. The van der Waals surface area contributed by atoms with Gasteiger partial charge in [-0.1, -0.05) is 12.6 Å². The van der Waals surface area contributed by atoms with Gasteiger partial charge in [-0.2, -0.15) is 0 Å². The van der Waals surface area contributed by atoms with Gasteiger partial charge in [-0.25, -0.2) is 14.8 Å².